The summed E-state index contributed by atoms with van der Waals surface area (Å²) in [5.74, 6) is 0.848. The Bertz CT molecular complexity index is 1030. The summed E-state index contributed by atoms with van der Waals surface area (Å²) in [6, 6.07) is 4.93. The number of hydrogen-bond donors (Lipinski definition) is 3. The molecule has 2 fully saturated rings. The maximum Gasteiger partial charge on any atom is 0.412 e. The van der Waals surface area contributed by atoms with E-state index in [2.05, 4.69) is 63.3 Å². The number of nitrogens with zero attached hydrogens (tertiary/aromatic N) is 2. The molecule has 4 N–H and O–H groups in total. The van der Waals surface area contributed by atoms with Crippen LogP contribution < -0.4 is 15.8 Å². The third-order valence-electron chi connectivity index (χ3n) is 8.39. The number of likely N-dealkylation sites (N-methyl/N-ethyl adjacent to an activating group) is 2. The molecule has 41 heavy (non-hydrogen) atoms. The maximum atomic E-state index is 12.7. The van der Waals surface area contributed by atoms with Crippen LogP contribution in [0.15, 0.2) is 35.9 Å². The van der Waals surface area contributed by atoms with E-state index in [-0.39, 0.29) is 24.4 Å². The number of amides is 1. The molecule has 1 aromatic rings. The number of carbonyl (C=O) groups is 1. The summed E-state index contributed by atoms with van der Waals surface area (Å²) >= 11 is 0. The first-order valence-corrected chi connectivity index (χ1v) is 15.4. The van der Waals surface area contributed by atoms with E-state index in [9.17, 15) is 9.90 Å². The van der Waals surface area contributed by atoms with Crippen molar-refractivity contribution in [2.75, 3.05) is 39.3 Å². The van der Waals surface area contributed by atoms with E-state index >= 15 is 0 Å². The Morgan fingerprint density at radius 2 is 1.88 bits per heavy atom. The van der Waals surface area contributed by atoms with Crippen molar-refractivity contribution >= 4 is 13.9 Å². The minimum absolute atomic E-state index is 0. The maximum absolute atomic E-state index is 12.7. The lowest BCUT2D eigenvalue weighted by atomic mass is 9.73. The number of ether oxygens (including phenoxy) is 1. The fourth-order valence-corrected chi connectivity index (χ4v) is 5.69. The Kier molecular flexibility index (Phi) is 14.3. The zero-order chi connectivity index (χ0) is 31.2. The number of carbonyl (C=O) groups excluding carboxylic acids is 1. The number of rotatable bonds is 12. The van der Waals surface area contributed by atoms with E-state index in [0.29, 0.717) is 23.9 Å². The molecule has 6 atom stereocenters. The van der Waals surface area contributed by atoms with Crippen LogP contribution >= 0.6 is 0 Å². The highest BCUT2D eigenvalue weighted by Crippen LogP contribution is 2.47. The third kappa shape index (κ3) is 10.8. The number of nitrogens with two attached hydrogens (primary N) is 1. The lowest BCUT2D eigenvalue weighted by Gasteiger charge is -2.32. The Morgan fingerprint density at radius 3 is 2.41 bits per heavy atom. The molecule has 2 saturated heterocycles. The van der Waals surface area contributed by atoms with Crippen LogP contribution in [0, 0.1) is 5.92 Å². The molecule has 2 heterocycles. The number of aryl methyl sites for hydroxylation is 1. The molecule has 0 saturated carbocycles. The molecule has 3 aliphatic rings. The molecule has 1 amide bonds. The quantitative estimate of drug-likeness (QED) is 0.128. The summed E-state index contributed by atoms with van der Waals surface area (Å²) in [5, 5.41) is 14.0. The molecule has 4 rings (SSSR count). The molecule has 7 nitrogen and oxygen atoms in total. The molecule has 0 spiro atoms. The predicted molar refractivity (Wildman–Crippen MR) is 172 cm³/mol. The number of phenols is 1. The summed E-state index contributed by atoms with van der Waals surface area (Å²) < 4.78 is 11.8. The topological polar surface area (TPSA) is 90.6 Å². The molecule has 2 radical (unpaired) electrons. The van der Waals surface area contributed by atoms with Crippen LogP contribution in [0.3, 0.4) is 0 Å². The van der Waals surface area contributed by atoms with Crippen LogP contribution in [0.5, 0.6) is 11.5 Å². The largest absolute Gasteiger partial charge is 0.507 e. The van der Waals surface area contributed by atoms with Crippen LogP contribution in [0.4, 0.5) is 4.79 Å². The van der Waals surface area contributed by atoms with Crippen LogP contribution in [-0.4, -0.2) is 80.2 Å². The average Bonchev–Trinajstić information content (AvgIpc) is 3.87. The smallest absolute Gasteiger partial charge is 0.412 e. The van der Waals surface area contributed by atoms with Gasteiger partial charge < -0.3 is 20.9 Å². The van der Waals surface area contributed by atoms with Gasteiger partial charge in [0.1, 0.15) is 11.5 Å². The number of allylic oxidation sites excluding steroid dienone is 3. The normalized spacial score (nSPS) is 26.2. The summed E-state index contributed by atoms with van der Waals surface area (Å²) in [5.41, 5.74) is 9.45. The van der Waals surface area contributed by atoms with E-state index in [4.69, 9.17) is 11.8 Å². The fourth-order valence-electron chi connectivity index (χ4n) is 5.69. The zero-order valence-corrected chi connectivity index (χ0v) is 26.3. The first-order chi connectivity index (χ1) is 20.1. The van der Waals surface area contributed by atoms with Crippen LogP contribution in [0.25, 0.3) is 0 Å². The van der Waals surface area contributed by atoms with Crippen molar-refractivity contribution in [3.05, 3.63) is 47.1 Å². The standard InChI is InChI=1S/C27H40N2O3.C5H12N2.CH3B/c1-6-8-9-10-20-14-24(30)26(23-13-19(5)11-12-22(23)18(3)4)25(15-20)32-27(31)28-16-21-17-29(21)7-2;1-2-7-4-5(7)3-6;1-2/h13-15,21-23,30H,3,6-12,16-17H2,1-2,4-5H3,(H,28,31);5H,2-4,6H2,1H3;1H3/t21?,22-,23+,29?;;/m0../s1/i;;1D. The monoisotopic (exact) mass is 567 g/mol. The second kappa shape index (κ2) is 17.6. The van der Waals surface area contributed by atoms with Gasteiger partial charge in [-0.2, -0.15) is 0 Å². The molecular formula is C33H55BN4O3. The van der Waals surface area contributed by atoms with E-state index in [1.54, 1.807) is 0 Å². The number of aromatic hydroxyl groups is 1. The van der Waals surface area contributed by atoms with E-state index < -0.39 is 6.09 Å². The highest BCUT2D eigenvalue weighted by molar-refractivity contribution is 6.05. The Morgan fingerprint density at radius 1 is 1.22 bits per heavy atom. The SMILES string of the molecule is C=C(C)[C@@H]1CCC(C)=C[C@H]1c1c(O)cc(CCCCC)cc1OC(=O)NCC1CN1CC.CCN1CC1CN.[2H]C[B]. The van der Waals surface area contributed by atoms with Crippen molar-refractivity contribution in [1.29, 1.82) is 0 Å². The number of benzene rings is 1. The van der Waals surface area contributed by atoms with Gasteiger partial charge in [-0.15, -0.1) is 0 Å². The molecule has 8 heteroatoms. The van der Waals surface area contributed by atoms with Gasteiger partial charge in [0.2, 0.25) is 0 Å². The number of hydrogen-bond acceptors (Lipinski definition) is 6. The summed E-state index contributed by atoms with van der Waals surface area (Å²) in [6.07, 6.45) is 7.94. The molecule has 228 valence electrons. The Labute approximate surface area is 252 Å². The van der Waals surface area contributed by atoms with Gasteiger partial charge >= 0.3 is 6.09 Å². The van der Waals surface area contributed by atoms with Crippen LogP contribution in [-0.2, 0) is 6.42 Å². The first kappa shape index (κ1) is 33.2. The average molecular weight is 568 g/mol. The lowest BCUT2D eigenvalue weighted by molar-refractivity contribution is 0.199. The van der Waals surface area contributed by atoms with E-state index in [1.165, 1.54) is 18.7 Å². The highest BCUT2D eigenvalue weighted by atomic mass is 16.6. The van der Waals surface area contributed by atoms with Crippen molar-refractivity contribution in [3.8, 4) is 11.5 Å². The van der Waals surface area contributed by atoms with Gasteiger partial charge in [0.25, 0.3) is 0 Å². The Hall–Kier alpha value is -2.29. The Balaban J connectivity index is 0.000000523. The van der Waals surface area contributed by atoms with Crippen molar-refractivity contribution < 1.29 is 16.0 Å². The second-order valence-electron chi connectivity index (χ2n) is 11.5. The second-order valence-corrected chi connectivity index (χ2v) is 11.5. The lowest BCUT2D eigenvalue weighted by Crippen LogP contribution is -2.32. The minimum atomic E-state index is -0.456. The van der Waals surface area contributed by atoms with Crippen molar-refractivity contribution in [1.82, 2.24) is 15.1 Å². The van der Waals surface area contributed by atoms with Gasteiger partial charge in [-0.1, -0.05) is 64.2 Å². The molecule has 2 aliphatic heterocycles. The summed E-state index contributed by atoms with van der Waals surface area (Å²) in [4.78, 5) is 17.3. The van der Waals surface area contributed by atoms with Crippen LogP contribution in [0.2, 0.25) is 6.80 Å². The van der Waals surface area contributed by atoms with Gasteiger partial charge in [-0.05, 0) is 76.2 Å². The number of nitrogens with one attached hydrogen (secondary N) is 1. The van der Waals surface area contributed by atoms with Gasteiger partial charge in [0.05, 0.1) is 7.85 Å². The highest BCUT2D eigenvalue weighted by Gasteiger charge is 2.34. The van der Waals surface area contributed by atoms with Gasteiger partial charge in [0, 0.05) is 51.1 Å². The van der Waals surface area contributed by atoms with Crippen molar-refractivity contribution in [2.24, 2.45) is 11.7 Å². The molecule has 1 aliphatic carbocycles. The van der Waals surface area contributed by atoms with E-state index in [1.807, 2.05) is 19.1 Å². The number of unbranched alkanes of at least 4 members (excludes halogenated alkanes) is 2. The molecular weight excluding hydrogens is 511 g/mol. The fraction of sp³-hybridized carbons (Fsp3) is 0.667. The predicted octanol–water partition coefficient (Wildman–Crippen LogP) is 5.79. The molecule has 0 bridgehead atoms. The molecule has 1 aromatic carbocycles. The van der Waals surface area contributed by atoms with Crippen molar-refractivity contribution in [2.45, 2.75) is 97.9 Å². The minimum Gasteiger partial charge on any atom is -0.507 e. The summed E-state index contributed by atoms with van der Waals surface area (Å²) in [6.45, 7) is 20.7. The first-order valence-electron chi connectivity index (χ1n) is 16.2. The van der Waals surface area contributed by atoms with Gasteiger partial charge in [-0.25, -0.2) is 4.79 Å². The van der Waals surface area contributed by atoms with Gasteiger partial charge in [-0.3, -0.25) is 9.80 Å². The van der Waals surface area contributed by atoms with Crippen LogP contribution in [0.1, 0.15) is 85.1 Å². The zero-order valence-electron chi connectivity index (χ0n) is 27.3. The van der Waals surface area contributed by atoms with E-state index in [0.717, 1.165) is 75.3 Å². The van der Waals surface area contributed by atoms with Gasteiger partial charge in [0.15, 0.2) is 0 Å². The number of phenolic OH excluding ortho intramolecular Hbond substituents is 1. The molecule has 4 unspecified atom stereocenters. The molecule has 0 aromatic heterocycles. The third-order valence-corrected chi connectivity index (χ3v) is 8.39. The van der Waals surface area contributed by atoms with Crippen molar-refractivity contribution in [3.63, 3.8) is 0 Å². The summed E-state index contributed by atoms with van der Waals surface area (Å²) in [7, 11) is 4.51.